The predicted molar refractivity (Wildman–Crippen MR) is 376 cm³/mol. The van der Waals surface area contributed by atoms with Crippen LogP contribution in [0, 0.1) is 63.6 Å². The molecule has 0 aromatic carbocycles. The smallest absolute Gasteiger partial charge is 0.548 e. The van der Waals surface area contributed by atoms with E-state index in [1.165, 1.54) is 19.6 Å². The van der Waals surface area contributed by atoms with E-state index in [1.54, 1.807) is 0 Å². The van der Waals surface area contributed by atoms with Gasteiger partial charge in [-0.15, -0.1) is 0 Å². The maximum absolute atomic E-state index is 13.7. The van der Waals surface area contributed by atoms with Crippen molar-refractivity contribution in [3.63, 3.8) is 0 Å². The van der Waals surface area contributed by atoms with Crippen LogP contribution in [0.2, 0.25) is 0 Å². The van der Waals surface area contributed by atoms with Crippen molar-refractivity contribution in [2.24, 2.45) is 23.7 Å². The van der Waals surface area contributed by atoms with Crippen LogP contribution in [-0.2, 0) is 76.3 Å². The van der Waals surface area contributed by atoms with Crippen LogP contribution in [0.1, 0.15) is 51.4 Å². The molecule has 4 unspecified atom stereocenters. The number of carbonyl (C=O) groups is 8. The molecule has 4 atom stereocenters. The number of hydrogen-bond donors (Lipinski definition) is 20. The summed E-state index contributed by atoms with van der Waals surface area (Å²) in [6.45, 7) is -16.6. The number of nitrogens with one attached hydrogen (secondary N) is 4. The molecule has 0 saturated carbocycles. The van der Waals surface area contributed by atoms with Crippen molar-refractivity contribution in [3.05, 3.63) is 0 Å². The van der Waals surface area contributed by atoms with Crippen molar-refractivity contribution in [1.82, 2.24) is 40.9 Å². The zero-order chi connectivity index (χ0) is 83.8. The number of aliphatic carboxylic acids is 4. The number of ether oxygens (including phenoxy) is 8. The Morgan fingerprint density at radius 3 is 0.478 bits per heavy atom. The van der Waals surface area contributed by atoms with E-state index in [0.29, 0.717) is 0 Å². The van der Waals surface area contributed by atoms with Gasteiger partial charge in [-0.2, -0.15) is 0 Å². The zero-order valence-corrected chi connectivity index (χ0v) is 66.1. The van der Waals surface area contributed by atoms with Gasteiger partial charge in [0.1, 0.15) is 48.8 Å². The van der Waals surface area contributed by atoms with Gasteiger partial charge in [0, 0.05) is 152 Å². The summed E-state index contributed by atoms with van der Waals surface area (Å²) in [7, 11) is 0. The Kier molecular flexibility index (Phi) is 64.4. The van der Waals surface area contributed by atoms with Crippen LogP contribution in [0.25, 0.3) is 0 Å². The van der Waals surface area contributed by atoms with E-state index in [0.717, 1.165) is 0 Å². The molecule has 1 rings (SSSR count). The molecule has 1 aliphatic rings. The van der Waals surface area contributed by atoms with Crippen LogP contribution < -0.4 is 41.7 Å². The first-order valence-electron chi connectivity index (χ1n) is 37.3. The van der Waals surface area contributed by atoms with Gasteiger partial charge in [0.05, 0.1) is 182 Å². The first kappa shape index (κ1) is 109. The molecule has 0 spiro atoms. The predicted octanol–water partition coefficient (Wildman–Crippen LogP) is -17.3. The molecule has 661 valence electrons. The second-order valence-electron chi connectivity index (χ2n) is 26.9. The fraction of sp³-hybridized carbons (Fsp3) is 0.882. The number of aliphatic hydroxyl groups excluding tert-OH is 16. The largest absolute Gasteiger partial charge is 3.00 e. The molecule has 113 heavy (non-hydrogen) atoms. The van der Waals surface area contributed by atoms with Crippen LogP contribution in [0.4, 0.5) is 0 Å². The van der Waals surface area contributed by atoms with E-state index >= 15 is 0 Å². The number of rotatable bonds is 68. The molecule has 1 aliphatic heterocycles. The molecule has 0 bridgehead atoms. The van der Waals surface area contributed by atoms with E-state index in [9.17, 15) is 140 Å². The van der Waals surface area contributed by atoms with E-state index in [1.807, 2.05) is 0 Å². The van der Waals surface area contributed by atoms with Gasteiger partial charge in [0.25, 0.3) is 0 Å². The summed E-state index contributed by atoms with van der Waals surface area (Å²) in [5.41, 5.74) is 0. The normalized spacial score (nSPS) is 15.3. The van der Waals surface area contributed by atoms with Crippen LogP contribution >= 0.6 is 0 Å². The van der Waals surface area contributed by atoms with Crippen molar-refractivity contribution < 1.29 is 218 Å². The number of carboxylic acids is 4. The minimum absolute atomic E-state index is 0. The second-order valence-corrected chi connectivity index (χ2v) is 26.9. The molecular formula is C68H124GdN8O36-. The van der Waals surface area contributed by atoms with Crippen molar-refractivity contribution >= 4 is 47.5 Å². The number of amides is 4. The summed E-state index contributed by atoms with van der Waals surface area (Å²) in [5, 5.41) is 218. The monoisotopic (exact) mass is 1790 g/mol. The minimum Gasteiger partial charge on any atom is -0.548 e. The molecule has 1 heterocycles. The Balaban J connectivity index is 0.000125. The maximum Gasteiger partial charge on any atom is 3.00 e. The van der Waals surface area contributed by atoms with Crippen molar-refractivity contribution in [1.29, 1.82) is 0 Å². The van der Waals surface area contributed by atoms with Gasteiger partial charge in [0.15, 0.2) is 0 Å². The number of hydrogen-bond acceptors (Lipinski definition) is 40. The van der Waals surface area contributed by atoms with Crippen molar-refractivity contribution in [3.8, 4) is 0 Å². The third-order valence-electron chi connectivity index (χ3n) is 18.3. The maximum atomic E-state index is 13.7. The van der Waals surface area contributed by atoms with Crippen molar-refractivity contribution in [2.75, 3.05) is 237 Å². The third kappa shape index (κ3) is 47.4. The molecule has 1 fully saturated rings. The SMILES string of the molecule is O=C(CCC(C(=O)[O-])N1CCN(C(CCC(=O)NCC(COC(CO)CO)COC(CO)CO)C(=O)[O-])CCN(C(CCC(=O)NCC(COC(CO)CO)COC(CO)CO)C(=O)[O-])CCN(C(CCC(=O)NCC(COC(CO)CO)COC(CO)CO)C(=O)[O-])CC1)NCC(COC(CO)CO)COC(CO)CO.[Gd+3]. The number of nitrogens with zero attached hydrogens (tertiary/aromatic N) is 4. The molecule has 20 N–H and O–H groups in total. The van der Waals surface area contributed by atoms with Crippen LogP contribution in [0.5, 0.6) is 0 Å². The van der Waals surface area contributed by atoms with Gasteiger partial charge >= 0.3 is 39.9 Å². The summed E-state index contributed by atoms with van der Waals surface area (Å²) >= 11 is 0. The summed E-state index contributed by atoms with van der Waals surface area (Å²) < 4.78 is 44.3. The third-order valence-corrected chi connectivity index (χ3v) is 18.3. The Labute approximate surface area is 688 Å². The zero-order valence-electron chi connectivity index (χ0n) is 63.8. The van der Waals surface area contributed by atoms with Gasteiger partial charge in [-0.05, 0) is 25.7 Å². The standard InChI is InChI=1S/C68H128N8O36.Gd/c77-21-49(22-78)105-37-45(38-106-50(23-79)24-80)17-69-61(93)5-1-57(65(97)98)73-9-11-74(58(66(99)100)2-6-62(94)70-18-46(39-107-51(25-81)26-82)40-108-52(27-83)28-84)13-15-76(60(68(103)104)4-8-64(96)72-20-48(43-111-55(33-89)34-90)44-112-56(35-91)36-92)16-14-75(12-10-73)59(67(101)102)3-7-63(95)71-19-47(41-109-53(29-85)30-86)42-110-54(31-87)32-88;/h45-60,77-92H,1-44H2,(H,69,93)(H,70,94)(H,71,95)(H,72,96)(H,97,98)(H,99,100)(H,101,102)(H,103,104);/q;+3/p-4. The molecule has 1 radical (unpaired) electrons. The topological polar surface area (TPSA) is 687 Å². The van der Waals surface area contributed by atoms with Crippen LogP contribution in [-0.4, -0.2) is 459 Å². The molecular weight excluding hydrogens is 1660 g/mol. The molecule has 45 heteroatoms. The quantitative estimate of drug-likeness (QED) is 0.0269. The Bertz CT molecular complexity index is 2090. The summed E-state index contributed by atoms with van der Waals surface area (Å²) in [5.74, 6) is -13.3. The number of carboxylic acid groups (broad SMARTS) is 4. The molecule has 0 aliphatic carbocycles. The first-order valence-corrected chi connectivity index (χ1v) is 37.3. The van der Waals surface area contributed by atoms with E-state index in [4.69, 9.17) is 37.9 Å². The van der Waals surface area contributed by atoms with E-state index in [2.05, 4.69) is 21.3 Å². The fourth-order valence-corrected chi connectivity index (χ4v) is 11.1. The molecule has 0 aromatic heterocycles. The molecule has 0 aromatic rings. The number of carbonyl (C=O) groups excluding carboxylic acids is 8. The Hall–Kier alpha value is -4.04. The van der Waals surface area contributed by atoms with Gasteiger partial charge < -0.3 is 180 Å². The van der Waals surface area contributed by atoms with Gasteiger partial charge in [0.2, 0.25) is 23.6 Å². The van der Waals surface area contributed by atoms with Crippen LogP contribution in [0.15, 0.2) is 0 Å². The average molecular weight is 1790 g/mol. The molecule has 44 nitrogen and oxygen atoms in total. The second kappa shape index (κ2) is 66.8. The minimum atomic E-state index is -1.79. The van der Waals surface area contributed by atoms with E-state index in [-0.39, 0.29) is 119 Å². The van der Waals surface area contributed by atoms with Gasteiger partial charge in [-0.3, -0.25) is 38.8 Å². The van der Waals surface area contributed by atoms with Crippen LogP contribution in [0.3, 0.4) is 0 Å². The Morgan fingerprint density at radius 2 is 0.372 bits per heavy atom. The van der Waals surface area contributed by atoms with Gasteiger partial charge in [-0.25, -0.2) is 0 Å². The summed E-state index contributed by atoms with van der Waals surface area (Å²) in [6.07, 6.45) is -13.0. The van der Waals surface area contributed by atoms with Crippen molar-refractivity contribution in [2.45, 2.75) is 124 Å². The first-order chi connectivity index (χ1) is 53.8. The summed E-state index contributed by atoms with van der Waals surface area (Å²) in [6, 6.07) is -7.14. The average Bonchev–Trinajstić information content (AvgIpc) is 0.829. The number of aliphatic hydroxyl groups is 16. The van der Waals surface area contributed by atoms with Gasteiger partial charge in [-0.1, -0.05) is 0 Å². The molecule has 1 saturated heterocycles. The van der Waals surface area contributed by atoms with E-state index < -0.39 is 354 Å². The summed E-state index contributed by atoms with van der Waals surface area (Å²) in [4.78, 5) is 114. The fourth-order valence-electron chi connectivity index (χ4n) is 11.1. The Morgan fingerprint density at radius 1 is 0.248 bits per heavy atom. The molecule has 4 amide bonds.